The van der Waals surface area contributed by atoms with Crippen LogP contribution in [-0.2, 0) is 9.59 Å². The Kier molecular flexibility index (Phi) is 4.35. The van der Waals surface area contributed by atoms with E-state index in [0.29, 0.717) is 18.8 Å². The number of hydrogen-bond donors (Lipinski definition) is 2. The maximum absolute atomic E-state index is 13.1. The van der Waals surface area contributed by atoms with E-state index in [1.807, 2.05) is 0 Å². The van der Waals surface area contributed by atoms with Gasteiger partial charge in [0.1, 0.15) is 5.82 Å². The maximum Gasteiger partial charge on any atom is 0.311 e. The zero-order chi connectivity index (χ0) is 16.4. The number of rotatable bonds is 5. The smallest absolute Gasteiger partial charge is 0.311 e. The van der Waals surface area contributed by atoms with E-state index >= 15 is 0 Å². The summed E-state index contributed by atoms with van der Waals surface area (Å²) in [5.41, 5.74) is -0.172. The summed E-state index contributed by atoms with van der Waals surface area (Å²) in [5, 5.41) is 12.2. The van der Waals surface area contributed by atoms with Gasteiger partial charge in [0.2, 0.25) is 5.91 Å². The van der Waals surface area contributed by atoms with Gasteiger partial charge >= 0.3 is 5.97 Å². The fourth-order valence-electron chi connectivity index (χ4n) is 3.96. The Labute approximate surface area is 134 Å². The number of nitrogens with one attached hydrogen (secondary N) is 1. The molecular weight excluding hydrogens is 299 g/mol. The Bertz CT molecular complexity index is 622. The molecule has 0 spiro atoms. The van der Waals surface area contributed by atoms with E-state index in [1.165, 1.54) is 12.1 Å². The molecule has 1 aliphatic heterocycles. The maximum atomic E-state index is 13.1. The number of likely N-dealkylation sites (tertiary alicyclic amines) is 1. The standard InChI is InChI=1S/C17H21FN2O3/c18-13-4-1-5-14(9-13)19-15(21)6-8-20-10-12-3-2-7-17(12,11-20)16(22)23/h1,4-5,9,12H,2-3,6-8,10-11H2,(H,19,21)(H,22,23)/t12-,17+/m0/s1. The molecule has 2 atom stereocenters. The molecule has 1 saturated carbocycles. The van der Waals surface area contributed by atoms with Gasteiger partial charge in [0.05, 0.1) is 5.41 Å². The molecule has 2 fully saturated rings. The topological polar surface area (TPSA) is 69.6 Å². The van der Waals surface area contributed by atoms with Gasteiger partial charge in [0, 0.05) is 31.7 Å². The molecule has 2 N–H and O–H groups in total. The van der Waals surface area contributed by atoms with Crippen LogP contribution in [0.5, 0.6) is 0 Å². The van der Waals surface area contributed by atoms with Crippen LogP contribution in [0.4, 0.5) is 10.1 Å². The van der Waals surface area contributed by atoms with Crippen molar-refractivity contribution in [2.45, 2.75) is 25.7 Å². The largest absolute Gasteiger partial charge is 0.481 e. The normalized spacial score (nSPS) is 26.9. The zero-order valence-corrected chi connectivity index (χ0v) is 12.9. The van der Waals surface area contributed by atoms with Gasteiger partial charge in [0.15, 0.2) is 0 Å². The van der Waals surface area contributed by atoms with Crippen molar-refractivity contribution in [2.75, 3.05) is 25.0 Å². The van der Waals surface area contributed by atoms with Gasteiger partial charge in [-0.2, -0.15) is 0 Å². The zero-order valence-electron chi connectivity index (χ0n) is 12.9. The predicted octanol–water partition coefficient (Wildman–Crippen LogP) is 2.34. The third-order valence-corrected chi connectivity index (χ3v) is 5.13. The van der Waals surface area contributed by atoms with E-state index < -0.39 is 17.2 Å². The third kappa shape index (κ3) is 3.22. The highest BCUT2D eigenvalue weighted by Gasteiger charge is 2.54. The first-order valence-corrected chi connectivity index (χ1v) is 8.01. The van der Waals surface area contributed by atoms with Crippen LogP contribution in [0.25, 0.3) is 0 Å². The van der Waals surface area contributed by atoms with Crippen molar-refractivity contribution in [1.29, 1.82) is 0 Å². The lowest BCUT2D eigenvalue weighted by atomic mass is 9.81. The van der Waals surface area contributed by atoms with Gasteiger partial charge < -0.3 is 15.3 Å². The third-order valence-electron chi connectivity index (χ3n) is 5.13. The predicted molar refractivity (Wildman–Crippen MR) is 83.5 cm³/mol. The summed E-state index contributed by atoms with van der Waals surface area (Å²) in [7, 11) is 0. The fourth-order valence-corrected chi connectivity index (χ4v) is 3.96. The molecule has 3 rings (SSSR count). The van der Waals surface area contributed by atoms with E-state index in [9.17, 15) is 19.1 Å². The number of carboxylic acid groups (broad SMARTS) is 1. The van der Waals surface area contributed by atoms with Crippen molar-refractivity contribution in [3.8, 4) is 0 Å². The minimum absolute atomic E-state index is 0.183. The average Bonchev–Trinajstić information content (AvgIpc) is 3.02. The van der Waals surface area contributed by atoms with Crippen LogP contribution in [0, 0.1) is 17.2 Å². The molecule has 0 aromatic heterocycles. The second-order valence-corrected chi connectivity index (χ2v) is 6.59. The second-order valence-electron chi connectivity index (χ2n) is 6.59. The van der Waals surface area contributed by atoms with E-state index in [0.717, 1.165) is 25.8 Å². The number of halogens is 1. The van der Waals surface area contributed by atoms with Crippen LogP contribution in [0.2, 0.25) is 0 Å². The van der Waals surface area contributed by atoms with E-state index in [2.05, 4.69) is 10.2 Å². The molecule has 0 radical (unpaired) electrons. The average molecular weight is 320 g/mol. The van der Waals surface area contributed by atoms with Crippen molar-refractivity contribution in [2.24, 2.45) is 11.3 Å². The number of amides is 1. The van der Waals surface area contributed by atoms with Crippen molar-refractivity contribution in [1.82, 2.24) is 4.90 Å². The molecule has 124 valence electrons. The van der Waals surface area contributed by atoms with Crippen molar-refractivity contribution in [3.63, 3.8) is 0 Å². The summed E-state index contributed by atoms with van der Waals surface area (Å²) in [4.78, 5) is 25.7. The molecule has 1 saturated heterocycles. The number of carbonyl (C=O) groups is 2. The Morgan fingerprint density at radius 3 is 2.96 bits per heavy atom. The van der Waals surface area contributed by atoms with Crippen LogP contribution >= 0.6 is 0 Å². The van der Waals surface area contributed by atoms with Crippen molar-refractivity contribution < 1.29 is 19.1 Å². The molecule has 2 aliphatic rings. The quantitative estimate of drug-likeness (QED) is 0.874. The SMILES string of the molecule is O=C(CCN1C[C@@H]2CCC[C@@]2(C(=O)O)C1)Nc1cccc(F)c1. The minimum Gasteiger partial charge on any atom is -0.481 e. The van der Waals surface area contributed by atoms with Gasteiger partial charge in [-0.05, 0) is 37.0 Å². The molecule has 1 aliphatic carbocycles. The Morgan fingerprint density at radius 1 is 1.43 bits per heavy atom. The highest BCUT2D eigenvalue weighted by Crippen LogP contribution is 2.48. The summed E-state index contributed by atoms with van der Waals surface area (Å²) in [6, 6.07) is 5.78. The van der Waals surface area contributed by atoms with Gasteiger partial charge in [0.25, 0.3) is 0 Å². The van der Waals surface area contributed by atoms with Gasteiger partial charge in [-0.15, -0.1) is 0 Å². The Morgan fingerprint density at radius 2 is 2.26 bits per heavy atom. The van der Waals surface area contributed by atoms with Gasteiger partial charge in [-0.25, -0.2) is 4.39 Å². The highest BCUT2D eigenvalue weighted by atomic mass is 19.1. The first-order chi connectivity index (χ1) is 11.0. The Hall–Kier alpha value is -1.95. The number of anilines is 1. The lowest BCUT2D eigenvalue weighted by molar-refractivity contribution is -0.149. The van der Waals surface area contributed by atoms with Gasteiger partial charge in [-0.1, -0.05) is 12.5 Å². The van der Waals surface area contributed by atoms with Crippen LogP contribution in [0.3, 0.4) is 0 Å². The molecule has 1 aromatic carbocycles. The molecule has 5 nitrogen and oxygen atoms in total. The monoisotopic (exact) mass is 320 g/mol. The minimum atomic E-state index is -0.702. The molecule has 0 unspecified atom stereocenters. The summed E-state index contributed by atoms with van der Waals surface area (Å²) in [6.45, 7) is 1.81. The molecular formula is C17H21FN2O3. The summed E-state index contributed by atoms with van der Waals surface area (Å²) < 4.78 is 13.1. The lowest BCUT2D eigenvalue weighted by Crippen LogP contribution is -2.36. The molecule has 1 heterocycles. The molecule has 0 bridgehead atoms. The van der Waals surface area contributed by atoms with E-state index in [-0.39, 0.29) is 18.2 Å². The lowest BCUT2D eigenvalue weighted by Gasteiger charge is -2.23. The molecule has 6 heteroatoms. The number of nitrogens with zero attached hydrogens (tertiary/aromatic N) is 1. The molecule has 23 heavy (non-hydrogen) atoms. The summed E-state index contributed by atoms with van der Waals surface area (Å²) in [6.07, 6.45) is 2.95. The first kappa shape index (κ1) is 15.9. The van der Waals surface area contributed by atoms with Crippen LogP contribution in [-0.4, -0.2) is 41.5 Å². The van der Waals surface area contributed by atoms with Crippen molar-refractivity contribution in [3.05, 3.63) is 30.1 Å². The van der Waals surface area contributed by atoms with Crippen molar-refractivity contribution >= 4 is 17.6 Å². The first-order valence-electron chi connectivity index (χ1n) is 8.01. The number of hydrogen-bond acceptors (Lipinski definition) is 3. The van der Waals surface area contributed by atoms with Crippen LogP contribution in [0.15, 0.2) is 24.3 Å². The summed E-state index contributed by atoms with van der Waals surface area (Å²) in [5.74, 6) is -1.08. The van der Waals surface area contributed by atoms with Crippen LogP contribution < -0.4 is 5.32 Å². The van der Waals surface area contributed by atoms with E-state index in [1.54, 1.807) is 12.1 Å². The van der Waals surface area contributed by atoms with E-state index in [4.69, 9.17) is 0 Å². The number of carbonyl (C=O) groups excluding carboxylic acids is 1. The van der Waals surface area contributed by atoms with Gasteiger partial charge in [-0.3, -0.25) is 9.59 Å². The number of aliphatic carboxylic acids is 1. The summed E-state index contributed by atoms with van der Waals surface area (Å²) >= 11 is 0. The number of benzene rings is 1. The second kappa shape index (κ2) is 6.28. The molecule has 1 aromatic rings. The number of fused-ring (bicyclic) bond motifs is 1. The fraction of sp³-hybridized carbons (Fsp3) is 0.529. The Balaban J connectivity index is 1.51. The molecule has 1 amide bonds. The number of carboxylic acids is 1. The van der Waals surface area contributed by atoms with Crippen LogP contribution in [0.1, 0.15) is 25.7 Å². The highest BCUT2D eigenvalue weighted by molar-refractivity contribution is 5.90.